The maximum Gasteiger partial charge on any atom is 0.0468 e. The zero-order valence-corrected chi connectivity index (χ0v) is 14.8. The first-order valence-electron chi connectivity index (χ1n) is 7.78. The highest BCUT2D eigenvalue weighted by molar-refractivity contribution is 14.1. The first-order valence-corrected chi connectivity index (χ1v) is 8.86. The van der Waals surface area contributed by atoms with Gasteiger partial charge in [0.1, 0.15) is 0 Å². The normalized spacial score (nSPS) is 18.1. The summed E-state index contributed by atoms with van der Waals surface area (Å²) in [5.41, 5.74) is 2.86. The number of aryl methyl sites for hydroxylation is 1. The fourth-order valence-electron chi connectivity index (χ4n) is 2.89. The molecule has 0 bridgehead atoms. The highest BCUT2D eigenvalue weighted by atomic mass is 127. The molecular formula is C17H26INO. The van der Waals surface area contributed by atoms with Crippen LogP contribution < -0.4 is 5.32 Å². The molecule has 1 fully saturated rings. The van der Waals surface area contributed by atoms with Gasteiger partial charge in [0, 0.05) is 22.8 Å². The minimum absolute atomic E-state index is 0.491. The van der Waals surface area contributed by atoms with Crippen LogP contribution in [0.3, 0.4) is 0 Å². The number of rotatable bonds is 6. The fraction of sp³-hybridized carbons (Fsp3) is 0.647. The van der Waals surface area contributed by atoms with Gasteiger partial charge in [0.15, 0.2) is 0 Å². The smallest absolute Gasteiger partial charge is 0.0468 e. The van der Waals surface area contributed by atoms with Crippen LogP contribution in [0.25, 0.3) is 0 Å². The van der Waals surface area contributed by atoms with Crippen molar-refractivity contribution in [3.8, 4) is 0 Å². The largest absolute Gasteiger partial charge is 0.381 e. The molecule has 0 spiro atoms. The van der Waals surface area contributed by atoms with E-state index >= 15 is 0 Å². The van der Waals surface area contributed by atoms with Gasteiger partial charge in [-0.1, -0.05) is 25.1 Å². The van der Waals surface area contributed by atoms with Gasteiger partial charge < -0.3 is 10.1 Å². The van der Waals surface area contributed by atoms with Gasteiger partial charge in [-0.25, -0.2) is 0 Å². The molecule has 0 saturated carbocycles. The van der Waals surface area contributed by atoms with E-state index in [1.165, 1.54) is 40.4 Å². The lowest BCUT2D eigenvalue weighted by molar-refractivity contribution is 0.0605. The van der Waals surface area contributed by atoms with Crippen molar-refractivity contribution in [2.24, 2.45) is 5.92 Å². The van der Waals surface area contributed by atoms with Crippen LogP contribution >= 0.6 is 22.6 Å². The van der Waals surface area contributed by atoms with Gasteiger partial charge in [0.2, 0.25) is 0 Å². The number of hydrogen-bond acceptors (Lipinski definition) is 2. The molecule has 1 saturated heterocycles. The van der Waals surface area contributed by atoms with E-state index in [1.54, 1.807) is 0 Å². The molecule has 3 heteroatoms. The van der Waals surface area contributed by atoms with Crippen molar-refractivity contribution in [3.63, 3.8) is 0 Å². The van der Waals surface area contributed by atoms with Crippen LogP contribution in [0, 0.1) is 16.4 Å². The second-order valence-corrected chi connectivity index (χ2v) is 6.86. The zero-order valence-electron chi connectivity index (χ0n) is 12.6. The summed E-state index contributed by atoms with van der Waals surface area (Å²) in [5.74, 6) is 0.800. The monoisotopic (exact) mass is 387 g/mol. The minimum Gasteiger partial charge on any atom is -0.381 e. The van der Waals surface area contributed by atoms with Crippen molar-refractivity contribution < 1.29 is 4.74 Å². The number of hydrogen-bond donors (Lipinski definition) is 1. The predicted molar refractivity (Wildman–Crippen MR) is 93.1 cm³/mol. The average Bonchev–Trinajstić information content (AvgIpc) is 2.48. The molecule has 0 amide bonds. The van der Waals surface area contributed by atoms with Crippen molar-refractivity contribution in [2.45, 2.75) is 45.6 Å². The summed E-state index contributed by atoms with van der Waals surface area (Å²) in [4.78, 5) is 0. The van der Waals surface area contributed by atoms with Crippen molar-refractivity contribution in [3.05, 3.63) is 32.9 Å². The van der Waals surface area contributed by atoms with Crippen LogP contribution in [-0.4, -0.2) is 19.8 Å². The van der Waals surface area contributed by atoms with Crippen LogP contribution in [-0.2, 0) is 4.74 Å². The Morgan fingerprint density at radius 1 is 1.35 bits per heavy atom. The first kappa shape index (κ1) is 16.2. The van der Waals surface area contributed by atoms with E-state index < -0.39 is 0 Å². The lowest BCUT2D eigenvalue weighted by Gasteiger charge is -2.28. The molecule has 2 nitrogen and oxygen atoms in total. The Balaban J connectivity index is 2.11. The molecule has 1 aromatic rings. The molecule has 2 rings (SSSR count). The summed E-state index contributed by atoms with van der Waals surface area (Å²) in [5, 5.41) is 3.76. The summed E-state index contributed by atoms with van der Waals surface area (Å²) in [6, 6.07) is 7.18. The summed E-state index contributed by atoms with van der Waals surface area (Å²) >= 11 is 2.50. The Kier molecular flexibility index (Phi) is 6.78. The summed E-state index contributed by atoms with van der Waals surface area (Å²) < 4.78 is 6.91. The molecular weight excluding hydrogens is 361 g/mol. The number of benzene rings is 1. The van der Waals surface area contributed by atoms with E-state index in [2.05, 4.69) is 60.0 Å². The van der Waals surface area contributed by atoms with E-state index in [4.69, 9.17) is 4.74 Å². The van der Waals surface area contributed by atoms with E-state index in [9.17, 15) is 0 Å². The van der Waals surface area contributed by atoms with Crippen LogP contribution in [0.2, 0.25) is 0 Å². The predicted octanol–water partition coefficient (Wildman–Crippen LogP) is 4.46. The third-order valence-electron chi connectivity index (χ3n) is 4.15. The van der Waals surface area contributed by atoms with Crippen molar-refractivity contribution in [1.82, 2.24) is 5.32 Å². The first-order chi connectivity index (χ1) is 9.72. The quantitative estimate of drug-likeness (QED) is 0.728. The van der Waals surface area contributed by atoms with Gasteiger partial charge in [0.25, 0.3) is 0 Å². The molecule has 1 aliphatic rings. The van der Waals surface area contributed by atoms with Crippen LogP contribution in [0.15, 0.2) is 18.2 Å². The Labute approximate surface area is 136 Å². The van der Waals surface area contributed by atoms with Crippen LogP contribution in [0.1, 0.15) is 49.8 Å². The summed E-state index contributed by atoms with van der Waals surface area (Å²) in [7, 11) is 0. The second-order valence-electron chi connectivity index (χ2n) is 5.78. The minimum atomic E-state index is 0.491. The van der Waals surface area contributed by atoms with Crippen LogP contribution in [0.5, 0.6) is 0 Å². The third-order valence-corrected chi connectivity index (χ3v) is 5.62. The molecule has 0 aliphatic carbocycles. The van der Waals surface area contributed by atoms with E-state index in [0.717, 1.165) is 25.7 Å². The average molecular weight is 387 g/mol. The Bertz CT molecular complexity index is 415. The highest BCUT2D eigenvalue weighted by Crippen LogP contribution is 2.31. The maximum atomic E-state index is 5.49. The molecule has 20 heavy (non-hydrogen) atoms. The lowest BCUT2D eigenvalue weighted by Crippen LogP contribution is -2.27. The van der Waals surface area contributed by atoms with Gasteiger partial charge in [-0.15, -0.1) is 0 Å². The summed E-state index contributed by atoms with van der Waals surface area (Å²) in [6.07, 6.45) is 4.86. The fourth-order valence-corrected chi connectivity index (χ4v) is 3.63. The molecule has 0 radical (unpaired) electrons. The Morgan fingerprint density at radius 2 is 2.10 bits per heavy atom. The van der Waals surface area contributed by atoms with E-state index in [0.29, 0.717) is 6.04 Å². The molecule has 1 unspecified atom stereocenters. The molecule has 1 N–H and O–H groups in total. The molecule has 1 aliphatic heterocycles. The Morgan fingerprint density at radius 3 is 2.80 bits per heavy atom. The van der Waals surface area contributed by atoms with Gasteiger partial charge >= 0.3 is 0 Å². The standard InChI is InChI=1S/C17H26INO/c1-3-9-19-16(12-14-7-10-20-11-8-14)15-6-4-5-13(2)17(15)18/h4-6,14,16,19H,3,7-12H2,1-2H3. The van der Waals surface area contributed by atoms with Gasteiger partial charge in [-0.2, -0.15) is 0 Å². The molecule has 0 aromatic heterocycles. The second kappa shape index (κ2) is 8.35. The molecule has 1 atom stereocenters. The highest BCUT2D eigenvalue weighted by Gasteiger charge is 2.21. The van der Waals surface area contributed by atoms with Gasteiger partial charge in [-0.05, 0) is 78.8 Å². The summed E-state index contributed by atoms with van der Waals surface area (Å²) in [6.45, 7) is 7.42. The molecule has 1 heterocycles. The van der Waals surface area contributed by atoms with Gasteiger partial charge in [-0.3, -0.25) is 0 Å². The maximum absolute atomic E-state index is 5.49. The van der Waals surface area contributed by atoms with Crippen LogP contribution in [0.4, 0.5) is 0 Å². The SMILES string of the molecule is CCCNC(CC1CCOCC1)c1cccc(C)c1I. The van der Waals surface area contributed by atoms with Crippen molar-refractivity contribution in [2.75, 3.05) is 19.8 Å². The molecule has 1 aromatic carbocycles. The third kappa shape index (κ3) is 4.43. The number of halogens is 1. The lowest BCUT2D eigenvalue weighted by atomic mass is 9.89. The van der Waals surface area contributed by atoms with Crippen molar-refractivity contribution >= 4 is 22.6 Å². The number of nitrogens with one attached hydrogen (secondary N) is 1. The zero-order chi connectivity index (χ0) is 14.4. The number of ether oxygens (including phenoxy) is 1. The molecule has 112 valence electrons. The topological polar surface area (TPSA) is 21.3 Å². The van der Waals surface area contributed by atoms with Crippen molar-refractivity contribution in [1.29, 1.82) is 0 Å². The van der Waals surface area contributed by atoms with E-state index in [-0.39, 0.29) is 0 Å². The van der Waals surface area contributed by atoms with E-state index in [1.807, 2.05) is 0 Å². The Hall–Kier alpha value is -0.130. The van der Waals surface area contributed by atoms with Gasteiger partial charge in [0.05, 0.1) is 0 Å².